The van der Waals surface area contributed by atoms with Crippen molar-refractivity contribution < 1.29 is 0 Å². The van der Waals surface area contributed by atoms with Gasteiger partial charge in [0.2, 0.25) is 0 Å². The Balaban J connectivity index is 1.63. The van der Waals surface area contributed by atoms with Crippen molar-refractivity contribution in [1.29, 1.82) is 0 Å². The summed E-state index contributed by atoms with van der Waals surface area (Å²) >= 11 is 0. The van der Waals surface area contributed by atoms with Crippen LogP contribution in [0.2, 0.25) is 0 Å². The second kappa shape index (κ2) is 5.66. The molecule has 0 spiro atoms. The SMILES string of the molecule is Cc1cccc(C)c1CC1CCCC1CNC1CC1. The Hall–Kier alpha value is -0.820. The highest BCUT2D eigenvalue weighted by atomic mass is 14.9. The lowest BCUT2D eigenvalue weighted by Crippen LogP contribution is -2.27. The standard InChI is InChI=1S/C18H27N/c1-13-5-3-6-14(2)18(13)11-15-7-4-8-16(15)12-19-17-9-10-17/h3,5-6,15-17,19H,4,7-12H2,1-2H3. The molecule has 1 aromatic carbocycles. The van der Waals surface area contributed by atoms with Crippen molar-refractivity contribution >= 4 is 0 Å². The molecule has 0 radical (unpaired) electrons. The zero-order chi connectivity index (χ0) is 13.2. The summed E-state index contributed by atoms with van der Waals surface area (Å²) in [6.07, 6.45) is 8.44. The second-order valence-corrected chi connectivity index (χ2v) is 6.71. The number of benzene rings is 1. The Kier molecular flexibility index (Phi) is 3.93. The van der Waals surface area contributed by atoms with E-state index in [9.17, 15) is 0 Å². The van der Waals surface area contributed by atoms with Crippen LogP contribution < -0.4 is 5.32 Å². The molecule has 104 valence electrons. The molecule has 2 aliphatic rings. The van der Waals surface area contributed by atoms with E-state index in [0.29, 0.717) is 0 Å². The van der Waals surface area contributed by atoms with Crippen LogP contribution in [0.15, 0.2) is 18.2 Å². The predicted octanol–water partition coefficient (Wildman–Crippen LogP) is 4.01. The van der Waals surface area contributed by atoms with Crippen LogP contribution in [-0.4, -0.2) is 12.6 Å². The van der Waals surface area contributed by atoms with Crippen molar-refractivity contribution in [3.63, 3.8) is 0 Å². The van der Waals surface area contributed by atoms with E-state index in [1.165, 1.54) is 56.2 Å². The van der Waals surface area contributed by atoms with Gasteiger partial charge < -0.3 is 5.32 Å². The maximum Gasteiger partial charge on any atom is 0.00683 e. The summed E-state index contributed by atoms with van der Waals surface area (Å²) in [5.74, 6) is 1.82. The Morgan fingerprint density at radius 1 is 1.00 bits per heavy atom. The first-order valence-electron chi connectivity index (χ1n) is 8.02. The van der Waals surface area contributed by atoms with Crippen molar-refractivity contribution in [2.45, 2.75) is 58.4 Å². The van der Waals surface area contributed by atoms with Crippen LogP contribution in [-0.2, 0) is 6.42 Å². The Morgan fingerprint density at radius 2 is 1.68 bits per heavy atom. The molecule has 2 fully saturated rings. The van der Waals surface area contributed by atoms with Gasteiger partial charge in [-0.15, -0.1) is 0 Å². The molecule has 1 aromatic rings. The summed E-state index contributed by atoms with van der Waals surface area (Å²) in [5, 5.41) is 3.74. The molecule has 3 rings (SSSR count). The van der Waals surface area contributed by atoms with E-state index in [0.717, 1.165) is 17.9 Å². The number of aryl methyl sites for hydroxylation is 2. The van der Waals surface area contributed by atoms with Gasteiger partial charge in [-0.1, -0.05) is 24.6 Å². The summed E-state index contributed by atoms with van der Waals surface area (Å²) in [4.78, 5) is 0. The Morgan fingerprint density at radius 3 is 2.37 bits per heavy atom. The lowest BCUT2D eigenvalue weighted by molar-refractivity contribution is 0.363. The predicted molar refractivity (Wildman–Crippen MR) is 81.5 cm³/mol. The van der Waals surface area contributed by atoms with Gasteiger partial charge in [-0.2, -0.15) is 0 Å². The lowest BCUT2D eigenvalue weighted by Gasteiger charge is -2.22. The maximum absolute atomic E-state index is 3.74. The third-order valence-electron chi connectivity index (χ3n) is 5.17. The van der Waals surface area contributed by atoms with E-state index < -0.39 is 0 Å². The summed E-state index contributed by atoms with van der Waals surface area (Å²) in [5.41, 5.74) is 4.59. The van der Waals surface area contributed by atoms with Crippen molar-refractivity contribution in [2.24, 2.45) is 11.8 Å². The molecule has 2 aliphatic carbocycles. The molecule has 2 atom stereocenters. The average Bonchev–Trinajstić information content (AvgIpc) is 3.11. The summed E-state index contributed by atoms with van der Waals surface area (Å²) in [7, 11) is 0. The van der Waals surface area contributed by atoms with Crippen LogP contribution in [0.1, 0.15) is 48.8 Å². The van der Waals surface area contributed by atoms with Crippen LogP contribution in [0.3, 0.4) is 0 Å². The molecule has 19 heavy (non-hydrogen) atoms. The van der Waals surface area contributed by atoms with Crippen LogP contribution in [0.4, 0.5) is 0 Å². The molecule has 1 nitrogen and oxygen atoms in total. The van der Waals surface area contributed by atoms with Gasteiger partial charge in [0.05, 0.1) is 0 Å². The van der Waals surface area contributed by atoms with Crippen LogP contribution in [0.5, 0.6) is 0 Å². The van der Waals surface area contributed by atoms with Crippen molar-refractivity contribution in [3.05, 3.63) is 34.9 Å². The van der Waals surface area contributed by atoms with Gasteiger partial charge >= 0.3 is 0 Å². The normalized spacial score (nSPS) is 26.8. The average molecular weight is 257 g/mol. The molecule has 2 unspecified atom stereocenters. The highest BCUT2D eigenvalue weighted by Crippen LogP contribution is 2.35. The van der Waals surface area contributed by atoms with Crippen molar-refractivity contribution in [3.8, 4) is 0 Å². The zero-order valence-electron chi connectivity index (χ0n) is 12.4. The first kappa shape index (κ1) is 13.2. The van der Waals surface area contributed by atoms with Crippen molar-refractivity contribution in [2.75, 3.05) is 6.54 Å². The molecule has 2 saturated carbocycles. The number of rotatable bonds is 5. The molecule has 0 saturated heterocycles. The molecule has 0 bridgehead atoms. The first-order chi connectivity index (χ1) is 9.24. The topological polar surface area (TPSA) is 12.0 Å². The summed E-state index contributed by atoms with van der Waals surface area (Å²) in [6, 6.07) is 7.60. The molecular weight excluding hydrogens is 230 g/mol. The fraction of sp³-hybridized carbons (Fsp3) is 0.667. The largest absolute Gasteiger partial charge is 0.314 e. The molecule has 0 amide bonds. The van der Waals surface area contributed by atoms with Crippen LogP contribution in [0.25, 0.3) is 0 Å². The molecule has 0 aromatic heterocycles. The van der Waals surface area contributed by atoms with E-state index >= 15 is 0 Å². The number of nitrogens with one attached hydrogen (secondary N) is 1. The van der Waals surface area contributed by atoms with Crippen molar-refractivity contribution in [1.82, 2.24) is 5.32 Å². The zero-order valence-corrected chi connectivity index (χ0v) is 12.4. The Bertz CT molecular complexity index is 413. The fourth-order valence-electron chi connectivity index (χ4n) is 3.69. The summed E-state index contributed by atoms with van der Waals surface area (Å²) < 4.78 is 0. The van der Waals surface area contributed by atoms with Crippen LogP contribution >= 0.6 is 0 Å². The van der Waals surface area contributed by atoms with E-state index in [4.69, 9.17) is 0 Å². The Labute approximate surface area is 117 Å². The van der Waals surface area contributed by atoms with Gasteiger partial charge in [-0.25, -0.2) is 0 Å². The van der Waals surface area contributed by atoms with E-state index in [1.54, 1.807) is 5.56 Å². The van der Waals surface area contributed by atoms with Gasteiger partial charge in [-0.05, 0) is 81.0 Å². The van der Waals surface area contributed by atoms with Gasteiger partial charge in [-0.3, -0.25) is 0 Å². The smallest absolute Gasteiger partial charge is 0.00683 e. The van der Waals surface area contributed by atoms with Gasteiger partial charge in [0.15, 0.2) is 0 Å². The summed E-state index contributed by atoms with van der Waals surface area (Å²) in [6.45, 7) is 5.81. The molecule has 0 aliphatic heterocycles. The monoisotopic (exact) mass is 257 g/mol. The number of hydrogen-bond acceptors (Lipinski definition) is 1. The van der Waals surface area contributed by atoms with Gasteiger partial charge in [0.1, 0.15) is 0 Å². The minimum Gasteiger partial charge on any atom is -0.314 e. The number of hydrogen-bond donors (Lipinski definition) is 1. The lowest BCUT2D eigenvalue weighted by atomic mass is 9.86. The molecule has 1 heteroatoms. The molecule has 0 heterocycles. The molecule has 1 N–H and O–H groups in total. The highest BCUT2D eigenvalue weighted by Gasteiger charge is 2.30. The van der Waals surface area contributed by atoms with E-state index in [-0.39, 0.29) is 0 Å². The fourth-order valence-corrected chi connectivity index (χ4v) is 3.69. The van der Waals surface area contributed by atoms with Gasteiger partial charge in [0, 0.05) is 6.04 Å². The van der Waals surface area contributed by atoms with Gasteiger partial charge in [0.25, 0.3) is 0 Å². The minimum atomic E-state index is 0.862. The van der Waals surface area contributed by atoms with E-state index in [1.807, 2.05) is 0 Å². The third kappa shape index (κ3) is 3.20. The quantitative estimate of drug-likeness (QED) is 0.840. The minimum absolute atomic E-state index is 0.862. The highest BCUT2D eigenvalue weighted by molar-refractivity contribution is 5.34. The first-order valence-corrected chi connectivity index (χ1v) is 8.02. The van der Waals surface area contributed by atoms with Crippen LogP contribution in [0, 0.1) is 25.7 Å². The molecular formula is C18H27N. The second-order valence-electron chi connectivity index (χ2n) is 6.71. The maximum atomic E-state index is 3.74. The van der Waals surface area contributed by atoms with E-state index in [2.05, 4.69) is 37.4 Å². The third-order valence-corrected chi connectivity index (χ3v) is 5.17.